The van der Waals surface area contributed by atoms with Crippen LogP contribution in [0.5, 0.6) is 0 Å². The van der Waals surface area contributed by atoms with Gasteiger partial charge in [0.15, 0.2) is 0 Å². The summed E-state index contributed by atoms with van der Waals surface area (Å²) in [6, 6.07) is 15.0. The second-order valence-corrected chi connectivity index (χ2v) is 8.25. The molecule has 0 atom stereocenters. The van der Waals surface area contributed by atoms with E-state index in [4.69, 9.17) is 9.97 Å². The van der Waals surface area contributed by atoms with Gasteiger partial charge in [-0.05, 0) is 48.9 Å². The van der Waals surface area contributed by atoms with E-state index in [1.165, 1.54) is 11.1 Å². The Balaban J connectivity index is 1.60. The minimum atomic E-state index is 0.644. The summed E-state index contributed by atoms with van der Waals surface area (Å²) < 4.78 is 4.04. The largest absolute Gasteiger partial charge is 0.335 e. The fraction of sp³-hybridized carbons (Fsp3) is 0.208. The van der Waals surface area contributed by atoms with Gasteiger partial charge in [-0.2, -0.15) is 4.98 Å². The fourth-order valence-corrected chi connectivity index (χ4v) is 4.51. The van der Waals surface area contributed by atoms with Gasteiger partial charge in [0.2, 0.25) is 5.95 Å². The smallest absolute Gasteiger partial charge is 0.238 e. The maximum absolute atomic E-state index is 5.04. The Labute approximate surface area is 174 Å². The molecule has 1 aliphatic rings. The van der Waals surface area contributed by atoms with Crippen molar-refractivity contribution in [1.29, 1.82) is 0 Å². The molecule has 0 spiro atoms. The Morgan fingerprint density at radius 2 is 1.80 bits per heavy atom. The lowest BCUT2D eigenvalue weighted by Crippen LogP contribution is -2.07. The standard InChI is InChI=1S/C24H22N6/c1-15-5-4-6-20-21(15)25-14-30(20)24-26-22(19-9-10-29(3)23(19)27-24)16-7-8-17-12-28(2)13-18(17)11-16/h4-11,14H,12-13H2,1-3H3. The van der Waals surface area contributed by atoms with Crippen molar-refractivity contribution in [2.45, 2.75) is 20.0 Å². The monoisotopic (exact) mass is 394 g/mol. The second kappa shape index (κ2) is 6.24. The van der Waals surface area contributed by atoms with Gasteiger partial charge in [-0.25, -0.2) is 9.97 Å². The maximum Gasteiger partial charge on any atom is 0.238 e. The number of imidazole rings is 1. The van der Waals surface area contributed by atoms with E-state index in [2.05, 4.69) is 70.9 Å². The third kappa shape index (κ3) is 2.50. The van der Waals surface area contributed by atoms with E-state index >= 15 is 0 Å². The predicted octanol–water partition coefficient (Wildman–Crippen LogP) is 4.23. The molecule has 148 valence electrons. The number of fused-ring (bicyclic) bond motifs is 3. The summed E-state index contributed by atoms with van der Waals surface area (Å²) in [6.45, 7) is 4.06. The SMILES string of the molecule is Cc1cccc2c1ncn2-c1nc(-c2ccc3c(c2)CN(C)C3)c2ccn(C)c2n1. The van der Waals surface area contributed by atoms with Crippen LogP contribution in [0.2, 0.25) is 0 Å². The van der Waals surface area contributed by atoms with E-state index in [-0.39, 0.29) is 0 Å². The molecule has 0 saturated heterocycles. The van der Waals surface area contributed by atoms with Crippen molar-refractivity contribution in [3.63, 3.8) is 0 Å². The maximum atomic E-state index is 5.04. The van der Waals surface area contributed by atoms with E-state index in [1.807, 2.05) is 24.1 Å². The molecule has 0 saturated carbocycles. The van der Waals surface area contributed by atoms with E-state index in [0.29, 0.717) is 5.95 Å². The molecule has 0 N–H and O–H groups in total. The van der Waals surface area contributed by atoms with Crippen LogP contribution in [0.1, 0.15) is 16.7 Å². The Bertz CT molecular complexity index is 1440. The molecule has 4 heterocycles. The van der Waals surface area contributed by atoms with Crippen molar-refractivity contribution < 1.29 is 0 Å². The molecule has 0 unspecified atom stereocenters. The van der Waals surface area contributed by atoms with Gasteiger partial charge in [0.05, 0.1) is 16.7 Å². The van der Waals surface area contributed by atoms with Crippen molar-refractivity contribution in [1.82, 2.24) is 29.0 Å². The molecular weight excluding hydrogens is 372 g/mol. The summed E-state index contributed by atoms with van der Waals surface area (Å²) in [5.74, 6) is 0.644. The molecule has 0 aliphatic carbocycles. The Kier molecular flexibility index (Phi) is 3.61. The van der Waals surface area contributed by atoms with Crippen LogP contribution in [0.25, 0.3) is 39.3 Å². The van der Waals surface area contributed by atoms with Crippen molar-refractivity contribution in [3.05, 3.63) is 71.7 Å². The molecule has 0 fully saturated rings. The number of nitrogens with zero attached hydrogens (tertiary/aromatic N) is 6. The van der Waals surface area contributed by atoms with Crippen LogP contribution in [0.15, 0.2) is 55.0 Å². The summed E-state index contributed by atoms with van der Waals surface area (Å²) in [6.07, 6.45) is 3.87. The fourth-order valence-electron chi connectivity index (χ4n) is 4.51. The second-order valence-electron chi connectivity index (χ2n) is 8.25. The highest BCUT2D eigenvalue weighted by Crippen LogP contribution is 2.32. The van der Waals surface area contributed by atoms with E-state index in [1.54, 1.807) is 0 Å². The third-order valence-corrected chi connectivity index (χ3v) is 6.07. The van der Waals surface area contributed by atoms with Crippen LogP contribution < -0.4 is 0 Å². The Morgan fingerprint density at radius 1 is 0.933 bits per heavy atom. The van der Waals surface area contributed by atoms with Crippen molar-refractivity contribution >= 4 is 22.1 Å². The summed E-state index contributed by atoms with van der Waals surface area (Å²) >= 11 is 0. The first kappa shape index (κ1) is 17.4. The number of para-hydroxylation sites is 1. The van der Waals surface area contributed by atoms with Gasteiger partial charge in [-0.15, -0.1) is 0 Å². The number of benzene rings is 2. The lowest BCUT2D eigenvalue weighted by Gasteiger charge is -2.10. The number of aryl methyl sites for hydroxylation is 2. The van der Waals surface area contributed by atoms with E-state index in [9.17, 15) is 0 Å². The van der Waals surface area contributed by atoms with Gasteiger partial charge >= 0.3 is 0 Å². The highest BCUT2D eigenvalue weighted by atomic mass is 15.2. The molecule has 2 aromatic carbocycles. The summed E-state index contributed by atoms with van der Waals surface area (Å²) in [7, 11) is 4.18. The summed E-state index contributed by atoms with van der Waals surface area (Å²) in [5, 5.41) is 1.06. The Hall–Kier alpha value is -3.51. The van der Waals surface area contributed by atoms with Crippen LogP contribution in [-0.4, -0.2) is 36.0 Å². The zero-order valence-electron chi connectivity index (χ0n) is 17.3. The van der Waals surface area contributed by atoms with Gasteiger partial charge in [-0.1, -0.05) is 24.3 Å². The topological polar surface area (TPSA) is 51.8 Å². The van der Waals surface area contributed by atoms with Crippen LogP contribution in [0.3, 0.4) is 0 Å². The van der Waals surface area contributed by atoms with Gasteiger partial charge in [-0.3, -0.25) is 9.47 Å². The van der Waals surface area contributed by atoms with E-state index in [0.717, 1.165) is 52.0 Å². The van der Waals surface area contributed by atoms with Crippen LogP contribution in [0.4, 0.5) is 0 Å². The van der Waals surface area contributed by atoms with Crippen LogP contribution >= 0.6 is 0 Å². The van der Waals surface area contributed by atoms with E-state index < -0.39 is 0 Å². The first-order valence-electron chi connectivity index (χ1n) is 10.2. The van der Waals surface area contributed by atoms with Gasteiger partial charge < -0.3 is 4.57 Å². The van der Waals surface area contributed by atoms with Crippen molar-refractivity contribution in [2.75, 3.05) is 7.05 Å². The first-order chi connectivity index (χ1) is 14.6. The number of hydrogen-bond donors (Lipinski definition) is 0. The zero-order chi connectivity index (χ0) is 20.4. The molecule has 6 heteroatoms. The molecule has 0 radical (unpaired) electrons. The average Bonchev–Trinajstić information content (AvgIpc) is 3.43. The molecule has 0 amide bonds. The highest BCUT2D eigenvalue weighted by molar-refractivity contribution is 5.92. The molecule has 6 nitrogen and oxygen atoms in total. The van der Waals surface area contributed by atoms with Gasteiger partial charge in [0, 0.05) is 37.3 Å². The van der Waals surface area contributed by atoms with Gasteiger partial charge in [0.1, 0.15) is 12.0 Å². The molecule has 1 aliphatic heterocycles. The highest BCUT2D eigenvalue weighted by Gasteiger charge is 2.19. The molecule has 0 bridgehead atoms. The average molecular weight is 394 g/mol. The number of hydrogen-bond acceptors (Lipinski definition) is 4. The quantitative estimate of drug-likeness (QED) is 0.450. The predicted molar refractivity (Wildman–Crippen MR) is 118 cm³/mol. The van der Waals surface area contributed by atoms with Crippen molar-refractivity contribution in [3.8, 4) is 17.2 Å². The number of rotatable bonds is 2. The summed E-state index contributed by atoms with van der Waals surface area (Å²) in [4.78, 5) is 16.9. The van der Waals surface area contributed by atoms with Gasteiger partial charge in [0.25, 0.3) is 0 Å². The Morgan fingerprint density at radius 3 is 2.70 bits per heavy atom. The summed E-state index contributed by atoms with van der Waals surface area (Å²) in [5.41, 5.74) is 8.93. The first-order valence-corrected chi connectivity index (χ1v) is 10.2. The molecular formula is C24H22N6. The molecule has 30 heavy (non-hydrogen) atoms. The minimum Gasteiger partial charge on any atom is -0.335 e. The third-order valence-electron chi connectivity index (χ3n) is 6.07. The normalized spacial score (nSPS) is 14.1. The lowest BCUT2D eigenvalue weighted by molar-refractivity contribution is 0.353. The minimum absolute atomic E-state index is 0.644. The molecule has 5 aromatic rings. The lowest BCUT2D eigenvalue weighted by atomic mass is 10.0. The number of aromatic nitrogens is 5. The van der Waals surface area contributed by atoms with Crippen LogP contribution in [-0.2, 0) is 20.1 Å². The molecule has 3 aromatic heterocycles. The van der Waals surface area contributed by atoms with Crippen LogP contribution in [0, 0.1) is 6.92 Å². The zero-order valence-corrected chi connectivity index (χ0v) is 17.3. The van der Waals surface area contributed by atoms with Crippen molar-refractivity contribution in [2.24, 2.45) is 7.05 Å². The molecule has 6 rings (SSSR count).